The van der Waals surface area contributed by atoms with Crippen molar-refractivity contribution in [2.45, 2.75) is 25.3 Å². The fourth-order valence-electron chi connectivity index (χ4n) is 2.24. The summed E-state index contributed by atoms with van der Waals surface area (Å²) in [7, 11) is 0. The molecule has 0 fully saturated rings. The molecular formula is C16H18FN. The van der Waals surface area contributed by atoms with Crippen LogP contribution < -0.4 is 5.73 Å². The lowest BCUT2D eigenvalue weighted by molar-refractivity contribution is 0.403. The Hall–Kier alpha value is -1.67. The van der Waals surface area contributed by atoms with E-state index in [9.17, 15) is 4.39 Å². The monoisotopic (exact) mass is 243 g/mol. The number of hydrogen-bond acceptors (Lipinski definition) is 1. The average Bonchev–Trinajstić information content (AvgIpc) is 2.40. The molecule has 0 aliphatic carbocycles. The molecule has 0 saturated carbocycles. The summed E-state index contributed by atoms with van der Waals surface area (Å²) in [6.45, 7) is 2.00. The van der Waals surface area contributed by atoms with Gasteiger partial charge in [0, 0.05) is 11.1 Å². The molecule has 18 heavy (non-hydrogen) atoms. The van der Waals surface area contributed by atoms with Crippen LogP contribution in [0.25, 0.3) is 0 Å². The quantitative estimate of drug-likeness (QED) is 0.871. The van der Waals surface area contributed by atoms with Gasteiger partial charge >= 0.3 is 0 Å². The normalized spacial score (nSPS) is 14.2. The standard InChI is InChI=1S/C16H18FN/c1-2-16(18,12-13-8-4-3-5-9-13)14-10-6-7-11-15(14)17/h3-11H,2,12,18H2,1H3. The average molecular weight is 243 g/mol. The van der Waals surface area contributed by atoms with Gasteiger partial charge in [0.05, 0.1) is 0 Å². The molecule has 94 valence electrons. The van der Waals surface area contributed by atoms with E-state index in [0.717, 1.165) is 5.56 Å². The van der Waals surface area contributed by atoms with E-state index in [2.05, 4.69) is 0 Å². The van der Waals surface area contributed by atoms with Crippen LogP contribution in [0.2, 0.25) is 0 Å². The molecule has 1 unspecified atom stereocenters. The summed E-state index contributed by atoms with van der Waals surface area (Å²) in [6, 6.07) is 16.8. The van der Waals surface area contributed by atoms with Gasteiger partial charge in [0.1, 0.15) is 5.82 Å². The third-order valence-electron chi connectivity index (χ3n) is 3.40. The van der Waals surface area contributed by atoms with Gasteiger partial charge in [-0.05, 0) is 24.5 Å². The summed E-state index contributed by atoms with van der Waals surface area (Å²) >= 11 is 0. The molecule has 0 heterocycles. The van der Waals surface area contributed by atoms with Crippen LogP contribution in [0.1, 0.15) is 24.5 Å². The Morgan fingerprint density at radius 1 is 1.00 bits per heavy atom. The first-order valence-electron chi connectivity index (χ1n) is 6.23. The molecule has 2 heteroatoms. The van der Waals surface area contributed by atoms with Gasteiger partial charge in [0.2, 0.25) is 0 Å². The molecule has 0 spiro atoms. The molecular weight excluding hydrogens is 225 g/mol. The Morgan fingerprint density at radius 3 is 2.22 bits per heavy atom. The summed E-state index contributed by atoms with van der Waals surface area (Å²) in [4.78, 5) is 0. The van der Waals surface area contributed by atoms with Crippen molar-refractivity contribution in [3.05, 3.63) is 71.5 Å². The van der Waals surface area contributed by atoms with Crippen LogP contribution >= 0.6 is 0 Å². The highest BCUT2D eigenvalue weighted by Gasteiger charge is 2.28. The highest BCUT2D eigenvalue weighted by Crippen LogP contribution is 2.28. The van der Waals surface area contributed by atoms with Crippen molar-refractivity contribution in [3.8, 4) is 0 Å². The predicted molar refractivity (Wildman–Crippen MR) is 72.7 cm³/mol. The second-order valence-electron chi connectivity index (χ2n) is 4.65. The highest BCUT2D eigenvalue weighted by atomic mass is 19.1. The number of halogens is 1. The molecule has 2 aromatic rings. The van der Waals surface area contributed by atoms with E-state index in [1.54, 1.807) is 12.1 Å². The Balaban J connectivity index is 2.34. The molecule has 0 bridgehead atoms. The topological polar surface area (TPSA) is 26.0 Å². The van der Waals surface area contributed by atoms with Gasteiger partial charge in [0.25, 0.3) is 0 Å². The largest absolute Gasteiger partial charge is 0.321 e. The van der Waals surface area contributed by atoms with Gasteiger partial charge in [-0.1, -0.05) is 55.5 Å². The Morgan fingerprint density at radius 2 is 1.61 bits per heavy atom. The molecule has 0 aliphatic rings. The molecule has 0 aromatic heterocycles. The Bertz CT molecular complexity index is 510. The summed E-state index contributed by atoms with van der Waals surface area (Å²) in [5.41, 5.74) is 7.49. The molecule has 1 nitrogen and oxygen atoms in total. The number of rotatable bonds is 4. The van der Waals surface area contributed by atoms with Crippen LogP contribution in [-0.4, -0.2) is 0 Å². The maximum atomic E-state index is 13.9. The molecule has 2 rings (SSSR count). The second-order valence-corrected chi connectivity index (χ2v) is 4.65. The minimum absolute atomic E-state index is 0.224. The van der Waals surface area contributed by atoms with E-state index >= 15 is 0 Å². The fourth-order valence-corrected chi connectivity index (χ4v) is 2.24. The number of benzene rings is 2. The maximum Gasteiger partial charge on any atom is 0.128 e. The Kier molecular flexibility index (Phi) is 3.78. The predicted octanol–water partition coefficient (Wildman–Crippen LogP) is 3.63. The van der Waals surface area contributed by atoms with Crippen LogP contribution in [-0.2, 0) is 12.0 Å². The minimum Gasteiger partial charge on any atom is -0.321 e. The lowest BCUT2D eigenvalue weighted by Crippen LogP contribution is -2.39. The van der Waals surface area contributed by atoms with Crippen molar-refractivity contribution in [1.29, 1.82) is 0 Å². The summed E-state index contributed by atoms with van der Waals surface area (Å²) in [5.74, 6) is -0.224. The smallest absolute Gasteiger partial charge is 0.128 e. The fraction of sp³-hybridized carbons (Fsp3) is 0.250. The van der Waals surface area contributed by atoms with Crippen molar-refractivity contribution in [2.24, 2.45) is 5.73 Å². The zero-order valence-corrected chi connectivity index (χ0v) is 10.6. The summed E-state index contributed by atoms with van der Waals surface area (Å²) in [6.07, 6.45) is 1.34. The van der Waals surface area contributed by atoms with Gasteiger partial charge in [-0.2, -0.15) is 0 Å². The lowest BCUT2D eigenvalue weighted by Gasteiger charge is -2.29. The molecule has 2 aromatic carbocycles. The van der Waals surface area contributed by atoms with Crippen molar-refractivity contribution < 1.29 is 4.39 Å². The van der Waals surface area contributed by atoms with E-state index in [-0.39, 0.29) is 5.82 Å². The summed E-state index contributed by atoms with van der Waals surface area (Å²) in [5, 5.41) is 0. The van der Waals surface area contributed by atoms with Gasteiger partial charge < -0.3 is 5.73 Å². The molecule has 0 radical (unpaired) electrons. The van der Waals surface area contributed by atoms with Crippen LogP contribution in [0.15, 0.2) is 54.6 Å². The van der Waals surface area contributed by atoms with Crippen LogP contribution in [0, 0.1) is 5.82 Å². The van der Waals surface area contributed by atoms with Crippen molar-refractivity contribution in [3.63, 3.8) is 0 Å². The van der Waals surface area contributed by atoms with Gasteiger partial charge in [-0.25, -0.2) is 4.39 Å². The third kappa shape index (κ3) is 2.59. The zero-order chi connectivity index (χ0) is 13.0. The van der Waals surface area contributed by atoms with Crippen molar-refractivity contribution >= 4 is 0 Å². The van der Waals surface area contributed by atoms with E-state index in [4.69, 9.17) is 5.73 Å². The number of nitrogens with two attached hydrogens (primary N) is 1. The van der Waals surface area contributed by atoms with Crippen molar-refractivity contribution in [2.75, 3.05) is 0 Å². The third-order valence-corrected chi connectivity index (χ3v) is 3.40. The first-order chi connectivity index (χ1) is 8.65. The van der Waals surface area contributed by atoms with E-state index in [1.165, 1.54) is 6.07 Å². The Labute approximate surface area is 107 Å². The SMILES string of the molecule is CCC(N)(Cc1ccccc1)c1ccccc1F. The van der Waals surface area contributed by atoms with E-state index in [0.29, 0.717) is 18.4 Å². The van der Waals surface area contributed by atoms with Crippen LogP contribution in [0.5, 0.6) is 0 Å². The van der Waals surface area contributed by atoms with E-state index in [1.807, 2.05) is 43.3 Å². The molecule has 0 aliphatic heterocycles. The van der Waals surface area contributed by atoms with Crippen LogP contribution in [0.3, 0.4) is 0 Å². The first-order valence-corrected chi connectivity index (χ1v) is 6.23. The zero-order valence-electron chi connectivity index (χ0n) is 10.6. The maximum absolute atomic E-state index is 13.9. The molecule has 0 amide bonds. The van der Waals surface area contributed by atoms with Gasteiger partial charge in [-0.15, -0.1) is 0 Å². The lowest BCUT2D eigenvalue weighted by atomic mass is 9.82. The second kappa shape index (κ2) is 5.32. The van der Waals surface area contributed by atoms with Crippen molar-refractivity contribution in [1.82, 2.24) is 0 Å². The molecule has 0 saturated heterocycles. The van der Waals surface area contributed by atoms with Gasteiger partial charge in [0.15, 0.2) is 0 Å². The number of hydrogen-bond donors (Lipinski definition) is 1. The summed E-state index contributed by atoms with van der Waals surface area (Å²) < 4.78 is 13.9. The minimum atomic E-state index is -0.646. The highest BCUT2D eigenvalue weighted by molar-refractivity contribution is 5.29. The molecule has 1 atom stereocenters. The van der Waals surface area contributed by atoms with E-state index < -0.39 is 5.54 Å². The van der Waals surface area contributed by atoms with Gasteiger partial charge in [-0.3, -0.25) is 0 Å². The van der Waals surface area contributed by atoms with Crippen LogP contribution in [0.4, 0.5) is 4.39 Å². The molecule has 2 N–H and O–H groups in total. The first kappa shape index (κ1) is 12.8.